The number of amides is 1. The average molecular weight is 294 g/mol. The van der Waals surface area contributed by atoms with Crippen molar-refractivity contribution in [3.05, 3.63) is 0 Å². The third-order valence-electron chi connectivity index (χ3n) is 0.316. The topological polar surface area (TPSA) is 29.1 Å². The molecule has 0 aromatic carbocycles. The molecule has 0 bridgehead atoms. The molecule has 32 valence electrons. The van der Waals surface area contributed by atoms with Gasteiger partial charge in [-0.05, 0) is 0 Å². The maximum atomic E-state index is 9.90. The zero-order valence-corrected chi connectivity index (χ0v) is 9.75. The number of hydrogen-bond donors (Lipinski definition) is 1. The fourth-order valence-corrected chi connectivity index (χ4v) is 2.48. The summed E-state index contributed by atoms with van der Waals surface area (Å²) in [5, 5.41) is 0. The van der Waals surface area contributed by atoms with Crippen LogP contribution < -0.4 is 3.08 Å². The molecule has 0 aromatic rings. The van der Waals surface area contributed by atoms with E-state index in [-0.39, 0.29) is 5.91 Å². The van der Waals surface area contributed by atoms with Crippen molar-refractivity contribution in [2.24, 2.45) is 0 Å². The summed E-state index contributed by atoms with van der Waals surface area (Å²) in [6, 6.07) is 0. The molecule has 0 saturated heterocycles. The third-order valence-corrected chi connectivity index (χ3v) is 3.94. The van der Waals surface area contributed by atoms with E-state index in [9.17, 15) is 4.79 Å². The monoisotopic (exact) mass is 295 g/mol. The molecule has 6 heavy (non-hydrogen) atoms. The van der Waals surface area contributed by atoms with Crippen molar-refractivity contribution >= 4 is 14.2 Å². The third kappa shape index (κ3) is 4.70. The Morgan fingerprint density at radius 1 is 2.00 bits per heavy atom. The van der Waals surface area contributed by atoms with Crippen LogP contribution in [0, 0.1) is 0 Å². The Morgan fingerprint density at radius 2 is 2.50 bits per heavy atom. The molecule has 1 amide bonds. The number of rotatable bonds is 1. The number of carbonyl (C=O) groups is 1. The molecular weight excluding hydrogens is 290 g/mol. The van der Waals surface area contributed by atoms with Gasteiger partial charge in [-0.15, -0.1) is 0 Å². The van der Waals surface area contributed by atoms with Gasteiger partial charge in [-0.25, -0.2) is 0 Å². The number of halogens is 1. The van der Waals surface area contributed by atoms with E-state index >= 15 is 0 Å². The first kappa shape index (κ1) is 6.70. The second-order valence-electron chi connectivity index (χ2n) is 0.867. The van der Waals surface area contributed by atoms with Gasteiger partial charge in [-0.1, -0.05) is 0 Å². The Bertz CT molecular complexity index is 57.5. The molecule has 4 heteroatoms. The first-order valence-corrected chi connectivity index (χ1v) is 11.1. The van der Waals surface area contributed by atoms with Gasteiger partial charge in [-0.3, -0.25) is 0 Å². The molecule has 0 fully saturated rings. The molecule has 0 spiro atoms. The number of hydrogen-bond acceptors (Lipinski definition) is 1. The fraction of sp³-hybridized carbons (Fsp3) is 0.500. The maximum absolute atomic E-state index is 9.90. The van der Waals surface area contributed by atoms with E-state index in [0.29, 0.717) is 0 Å². The molecule has 0 saturated carbocycles. The predicted molar refractivity (Wildman–Crippen MR) is 19.7 cm³/mol. The molecule has 0 aliphatic heterocycles. The van der Waals surface area contributed by atoms with E-state index in [1.807, 2.05) is 0 Å². The Balaban J connectivity index is 2.83. The van der Waals surface area contributed by atoms with E-state index in [1.54, 1.807) is 0 Å². The van der Waals surface area contributed by atoms with E-state index < -0.39 is 23.6 Å². The van der Waals surface area contributed by atoms with Crippen molar-refractivity contribution in [1.29, 1.82) is 0 Å². The Hall–Kier alpha value is 0.695. The summed E-state index contributed by atoms with van der Waals surface area (Å²) in [6.07, 6.45) is 0. The summed E-state index contributed by atoms with van der Waals surface area (Å²) in [5.41, 5.74) is 0. The van der Waals surface area contributed by atoms with Gasteiger partial charge in [0.05, 0.1) is 0 Å². The summed E-state index contributed by atoms with van der Waals surface area (Å²) >= 11 is -1.34. The summed E-state index contributed by atoms with van der Waals surface area (Å²) in [4.78, 5) is 9.90. The van der Waals surface area contributed by atoms with Gasteiger partial charge in [0, 0.05) is 0 Å². The van der Waals surface area contributed by atoms with Crippen LogP contribution in [0.2, 0.25) is 0 Å². The van der Waals surface area contributed by atoms with Crippen LogP contribution in [0.15, 0.2) is 0 Å². The van der Waals surface area contributed by atoms with Crippen LogP contribution in [0.1, 0.15) is 6.92 Å². The summed E-state index contributed by atoms with van der Waals surface area (Å²) in [6.45, 7) is 1.47. The minimum absolute atomic E-state index is 0.00617. The summed E-state index contributed by atoms with van der Waals surface area (Å²) < 4.78 is 2.56. The molecule has 0 unspecified atom stereocenters. The van der Waals surface area contributed by atoms with E-state index in [0.717, 1.165) is 0 Å². The SMILES string of the molecule is CC(=O)[NH][Hg][Cl]. The molecule has 0 radical (unpaired) electrons. The second-order valence-corrected chi connectivity index (χ2v) is 5.63. The molecule has 0 atom stereocenters. The van der Waals surface area contributed by atoms with E-state index in [1.165, 1.54) is 6.92 Å². The normalized spacial score (nSPS) is 6.33. The number of carbonyl (C=O) groups excluding carboxylic acids is 1. The molecule has 0 aliphatic carbocycles. The summed E-state index contributed by atoms with van der Waals surface area (Å²) in [5.74, 6) is 0.00617. The molecular formula is C2H4ClHgNO. The van der Waals surface area contributed by atoms with Crippen molar-refractivity contribution in [3.63, 3.8) is 0 Å². The van der Waals surface area contributed by atoms with E-state index in [4.69, 9.17) is 8.25 Å². The van der Waals surface area contributed by atoms with Crippen molar-refractivity contribution < 1.29 is 28.4 Å². The first-order chi connectivity index (χ1) is 2.77. The van der Waals surface area contributed by atoms with Crippen LogP contribution in [0.5, 0.6) is 0 Å². The molecule has 0 rings (SSSR count). The average Bonchev–Trinajstić information content (AvgIpc) is 1.35. The van der Waals surface area contributed by atoms with Gasteiger partial charge in [0.25, 0.3) is 0 Å². The molecule has 1 N–H and O–H groups in total. The van der Waals surface area contributed by atoms with Crippen LogP contribution in [0.3, 0.4) is 0 Å². The van der Waals surface area contributed by atoms with Crippen LogP contribution in [0.25, 0.3) is 0 Å². The van der Waals surface area contributed by atoms with Gasteiger partial charge in [0.2, 0.25) is 0 Å². The fourth-order valence-electron chi connectivity index (χ4n) is 0.0941. The van der Waals surface area contributed by atoms with Gasteiger partial charge < -0.3 is 0 Å². The van der Waals surface area contributed by atoms with Crippen molar-refractivity contribution in [1.82, 2.24) is 3.08 Å². The van der Waals surface area contributed by atoms with Gasteiger partial charge in [-0.2, -0.15) is 0 Å². The second kappa shape index (κ2) is 3.87. The Morgan fingerprint density at radius 3 is 2.50 bits per heavy atom. The van der Waals surface area contributed by atoms with Crippen molar-refractivity contribution in [3.8, 4) is 0 Å². The first-order valence-electron chi connectivity index (χ1n) is 1.57. The number of nitrogens with one attached hydrogen (secondary N) is 1. The van der Waals surface area contributed by atoms with Crippen LogP contribution in [-0.2, 0) is 28.4 Å². The van der Waals surface area contributed by atoms with Crippen molar-refractivity contribution in [2.75, 3.05) is 0 Å². The van der Waals surface area contributed by atoms with Gasteiger partial charge in [0.15, 0.2) is 0 Å². The summed E-state index contributed by atoms with van der Waals surface area (Å²) in [7, 11) is 5.29. The van der Waals surface area contributed by atoms with Crippen molar-refractivity contribution in [2.45, 2.75) is 6.92 Å². The van der Waals surface area contributed by atoms with Crippen LogP contribution in [-0.4, -0.2) is 5.91 Å². The van der Waals surface area contributed by atoms with Crippen LogP contribution >= 0.6 is 8.25 Å². The Labute approximate surface area is 52.6 Å². The molecule has 2 nitrogen and oxygen atoms in total. The van der Waals surface area contributed by atoms with Gasteiger partial charge in [0.1, 0.15) is 0 Å². The quantitative estimate of drug-likeness (QED) is 0.691. The predicted octanol–water partition coefficient (Wildman–Crippen LogP) is 0.274. The Kier molecular flexibility index (Phi) is 4.32. The zero-order valence-electron chi connectivity index (χ0n) is 3.49. The minimum atomic E-state index is -1.34. The van der Waals surface area contributed by atoms with Crippen LogP contribution in [0.4, 0.5) is 0 Å². The molecule has 0 aliphatic rings. The molecule has 0 aromatic heterocycles. The zero-order chi connectivity index (χ0) is 4.99. The molecule has 0 heterocycles. The van der Waals surface area contributed by atoms with Gasteiger partial charge >= 0.3 is 52.6 Å². The standard InChI is InChI=1S/C2H5NO.ClH.Hg/c1-2(3)4;;/h1H3,(H2,3,4);1H;/q;;+2/p-2. The van der Waals surface area contributed by atoms with E-state index in [2.05, 4.69) is 3.08 Å².